The molecule has 0 saturated carbocycles. The molecule has 248 valence electrons. The van der Waals surface area contributed by atoms with Crippen molar-refractivity contribution < 1.29 is 42.5 Å². The van der Waals surface area contributed by atoms with Crippen molar-refractivity contribution in [3.8, 4) is 5.75 Å². The quantitative estimate of drug-likeness (QED) is 0.108. The van der Waals surface area contributed by atoms with E-state index in [1.54, 1.807) is 100 Å². The minimum absolute atomic E-state index is 0.000824. The first-order valence-corrected chi connectivity index (χ1v) is 14.5. The van der Waals surface area contributed by atoms with Gasteiger partial charge in [-0.05, 0) is 67.9 Å². The van der Waals surface area contributed by atoms with Gasteiger partial charge in [0.25, 0.3) is 5.76 Å². The summed E-state index contributed by atoms with van der Waals surface area (Å²) in [7, 11) is 3.51. The van der Waals surface area contributed by atoms with Crippen LogP contribution in [0.5, 0.6) is 5.75 Å². The van der Waals surface area contributed by atoms with Crippen molar-refractivity contribution in [1.82, 2.24) is 4.90 Å². The van der Waals surface area contributed by atoms with Gasteiger partial charge in [0.2, 0.25) is 11.2 Å². The Balaban J connectivity index is 0.000000538. The molecule has 0 aliphatic rings. The van der Waals surface area contributed by atoms with Crippen molar-refractivity contribution in [2.45, 2.75) is 99.1 Å². The van der Waals surface area contributed by atoms with Gasteiger partial charge in [-0.1, -0.05) is 37.3 Å². The van der Waals surface area contributed by atoms with Crippen LogP contribution in [0.2, 0.25) is 0 Å². The van der Waals surface area contributed by atoms with Crippen LogP contribution in [-0.2, 0) is 30.4 Å². The van der Waals surface area contributed by atoms with Gasteiger partial charge in [0.05, 0.1) is 0 Å². The van der Waals surface area contributed by atoms with Crippen molar-refractivity contribution >= 4 is 23.7 Å². The Morgan fingerprint density at radius 1 is 0.800 bits per heavy atom. The zero-order valence-electron chi connectivity index (χ0n) is 28.5. The lowest BCUT2D eigenvalue weighted by molar-refractivity contribution is -0.150. The highest BCUT2D eigenvalue weighted by molar-refractivity contribution is 6.17. The van der Waals surface area contributed by atoms with Crippen LogP contribution >= 0.6 is 0 Å². The maximum absolute atomic E-state index is 12.9. The number of hydrogen-bond acceptors (Lipinski definition) is 11. The van der Waals surface area contributed by atoms with E-state index in [-0.39, 0.29) is 23.5 Å². The Labute approximate surface area is 265 Å². The summed E-state index contributed by atoms with van der Waals surface area (Å²) in [6.45, 7) is 17.1. The van der Waals surface area contributed by atoms with Gasteiger partial charge >= 0.3 is 17.9 Å². The number of Topliss-reactive ketones (excluding diaryl/α,β-unsaturated/α-hetero) is 1. The normalized spacial score (nSPS) is 11.9. The van der Waals surface area contributed by atoms with E-state index in [0.29, 0.717) is 6.42 Å². The largest absolute Gasteiger partial charge is 0.481 e. The molecule has 45 heavy (non-hydrogen) atoms. The number of carbonyl (C=O) groups excluding carboxylic acids is 4. The monoisotopic (exact) mass is 629 g/mol. The van der Waals surface area contributed by atoms with Gasteiger partial charge in [-0.2, -0.15) is 0 Å². The molecule has 0 radical (unpaired) electrons. The van der Waals surface area contributed by atoms with Crippen LogP contribution in [0, 0.1) is 0 Å². The lowest BCUT2D eigenvalue weighted by Crippen LogP contribution is -2.29. The summed E-state index contributed by atoms with van der Waals surface area (Å²) in [6.07, 6.45) is 2.68. The molecule has 0 aliphatic carbocycles. The van der Waals surface area contributed by atoms with Crippen LogP contribution in [0.4, 0.5) is 0 Å². The summed E-state index contributed by atoms with van der Waals surface area (Å²) in [5.74, 6) is -3.31. The molecule has 0 N–H and O–H groups in total. The average molecular weight is 630 g/mol. The molecule has 0 unspecified atom stereocenters. The molecule has 0 amide bonds. The highest BCUT2D eigenvalue weighted by Gasteiger charge is 2.30. The SMILES string of the molecule is CC(C)(C)OC(=O)c1occ(C(=O)OC(C)(C)C)c(=O)c1OCc1ccccc1.CCC(=O)/C(=C\N(C)C)C(=O)OC(C)(C)C. The first kappa shape index (κ1) is 38.6. The number of hydrogen-bond donors (Lipinski definition) is 0. The second-order valence-corrected chi connectivity index (χ2v) is 13.2. The van der Waals surface area contributed by atoms with E-state index in [1.165, 1.54) is 6.20 Å². The van der Waals surface area contributed by atoms with E-state index < -0.39 is 51.6 Å². The van der Waals surface area contributed by atoms with Crippen molar-refractivity contribution in [2.24, 2.45) is 0 Å². The van der Waals surface area contributed by atoms with E-state index in [0.717, 1.165) is 11.8 Å². The van der Waals surface area contributed by atoms with Crippen LogP contribution < -0.4 is 10.2 Å². The summed E-state index contributed by atoms with van der Waals surface area (Å²) < 4.78 is 26.6. The van der Waals surface area contributed by atoms with Gasteiger partial charge in [0.1, 0.15) is 40.8 Å². The predicted octanol–water partition coefficient (Wildman–Crippen LogP) is 5.88. The highest BCUT2D eigenvalue weighted by atomic mass is 16.6. The lowest BCUT2D eigenvalue weighted by Gasteiger charge is -2.21. The molecule has 1 aromatic heterocycles. The molecule has 2 aromatic rings. The van der Waals surface area contributed by atoms with Crippen molar-refractivity contribution in [2.75, 3.05) is 14.1 Å². The van der Waals surface area contributed by atoms with Gasteiger partial charge in [0, 0.05) is 26.7 Å². The fourth-order valence-electron chi connectivity index (χ4n) is 3.27. The van der Waals surface area contributed by atoms with Crippen molar-refractivity contribution in [3.05, 3.63) is 75.5 Å². The maximum Gasteiger partial charge on any atom is 0.378 e. The van der Waals surface area contributed by atoms with Gasteiger partial charge in [-0.3, -0.25) is 9.59 Å². The van der Waals surface area contributed by atoms with Crippen LogP contribution in [-0.4, -0.2) is 59.5 Å². The summed E-state index contributed by atoms with van der Waals surface area (Å²) >= 11 is 0. The molecule has 0 aliphatic heterocycles. The highest BCUT2D eigenvalue weighted by Crippen LogP contribution is 2.22. The predicted molar refractivity (Wildman–Crippen MR) is 169 cm³/mol. The zero-order valence-corrected chi connectivity index (χ0v) is 28.5. The third-order valence-electron chi connectivity index (χ3n) is 5.01. The number of ether oxygens (including phenoxy) is 4. The summed E-state index contributed by atoms with van der Waals surface area (Å²) in [4.78, 5) is 62.8. The second kappa shape index (κ2) is 16.1. The van der Waals surface area contributed by atoms with E-state index in [9.17, 15) is 24.0 Å². The number of benzene rings is 1. The zero-order chi connectivity index (χ0) is 34.8. The second-order valence-electron chi connectivity index (χ2n) is 13.2. The fraction of sp³-hybridized carbons (Fsp3) is 0.500. The molecule has 0 spiro atoms. The van der Waals surface area contributed by atoms with Crippen LogP contribution in [0.25, 0.3) is 0 Å². The maximum atomic E-state index is 12.9. The molecular formula is C34H47NO10. The number of ketones is 1. The summed E-state index contributed by atoms with van der Waals surface area (Å²) in [5.41, 5.74) is -2.50. The number of nitrogens with zero attached hydrogens (tertiary/aromatic N) is 1. The molecule has 11 nitrogen and oxygen atoms in total. The Bertz CT molecular complexity index is 1420. The molecule has 0 bridgehead atoms. The summed E-state index contributed by atoms with van der Waals surface area (Å²) in [5, 5.41) is 0. The van der Waals surface area contributed by atoms with Crippen LogP contribution in [0.3, 0.4) is 0 Å². The van der Waals surface area contributed by atoms with Gasteiger partial charge in [-0.15, -0.1) is 0 Å². The smallest absolute Gasteiger partial charge is 0.378 e. The van der Waals surface area contributed by atoms with Gasteiger partial charge < -0.3 is 28.3 Å². The topological polar surface area (TPSA) is 139 Å². The Hall–Kier alpha value is -4.41. The molecular weight excluding hydrogens is 582 g/mol. The molecule has 0 atom stereocenters. The lowest BCUT2D eigenvalue weighted by atomic mass is 10.1. The first-order chi connectivity index (χ1) is 20.5. The van der Waals surface area contributed by atoms with E-state index >= 15 is 0 Å². The molecule has 1 heterocycles. The van der Waals surface area contributed by atoms with Gasteiger partial charge in [-0.25, -0.2) is 14.4 Å². The molecule has 1 aromatic carbocycles. The number of carbonyl (C=O) groups is 4. The molecule has 2 rings (SSSR count). The first-order valence-electron chi connectivity index (χ1n) is 14.5. The molecule has 0 saturated heterocycles. The third-order valence-corrected chi connectivity index (χ3v) is 5.01. The minimum Gasteiger partial charge on any atom is -0.481 e. The standard InChI is InChI=1S/C22H26O7.C12H21NO3/c1-21(2,3)28-19(24)15-13-27-18(20(25)29-22(4,5)6)17(16(15)23)26-12-14-10-8-7-9-11-14;1-7-10(14)9(8-13(5)6)11(15)16-12(2,3)4/h7-11,13H,12H2,1-6H3;8H,7H2,1-6H3/b;9-8+. The molecule has 0 fully saturated rings. The third kappa shape index (κ3) is 14.3. The summed E-state index contributed by atoms with van der Waals surface area (Å²) in [6, 6.07) is 9.06. The average Bonchev–Trinajstić information content (AvgIpc) is 2.88. The van der Waals surface area contributed by atoms with E-state index in [2.05, 4.69) is 0 Å². The van der Waals surface area contributed by atoms with Crippen molar-refractivity contribution in [3.63, 3.8) is 0 Å². The fourth-order valence-corrected chi connectivity index (χ4v) is 3.27. The minimum atomic E-state index is -0.869. The number of esters is 3. The van der Waals surface area contributed by atoms with E-state index in [1.807, 2.05) is 18.2 Å². The number of rotatable bonds is 9. The van der Waals surface area contributed by atoms with Crippen LogP contribution in [0.15, 0.2) is 57.6 Å². The van der Waals surface area contributed by atoms with Crippen molar-refractivity contribution in [1.29, 1.82) is 0 Å². The van der Waals surface area contributed by atoms with Gasteiger partial charge in [0.15, 0.2) is 5.78 Å². The van der Waals surface area contributed by atoms with E-state index in [4.69, 9.17) is 23.4 Å². The Morgan fingerprint density at radius 3 is 1.78 bits per heavy atom. The molecule has 11 heteroatoms. The Kier molecular flexibility index (Phi) is 13.8. The van der Waals surface area contributed by atoms with Crippen LogP contribution in [0.1, 0.15) is 102 Å². The Morgan fingerprint density at radius 2 is 1.31 bits per heavy atom.